The smallest absolute Gasteiger partial charge is 0.332 e. The second-order valence-electron chi connectivity index (χ2n) is 4.36. The van der Waals surface area contributed by atoms with E-state index in [1.165, 1.54) is 19.1 Å². The number of benzene rings is 1. The molecule has 1 aromatic rings. The number of primary amides is 1. The van der Waals surface area contributed by atoms with Crippen molar-refractivity contribution in [1.29, 1.82) is 0 Å². The van der Waals surface area contributed by atoms with Crippen molar-refractivity contribution in [3.8, 4) is 5.75 Å². The van der Waals surface area contributed by atoms with Gasteiger partial charge in [0.15, 0.2) is 0 Å². The summed E-state index contributed by atoms with van der Waals surface area (Å²) in [7, 11) is 1.65. The van der Waals surface area contributed by atoms with Gasteiger partial charge in [-0.1, -0.05) is 6.07 Å². The molecule has 0 radical (unpaired) electrons. The lowest BCUT2D eigenvalue weighted by molar-refractivity contribution is 0.249. The fraction of sp³-hybridized carbons (Fsp3) is 0.385. The van der Waals surface area contributed by atoms with E-state index in [9.17, 15) is 4.79 Å². The number of carbonyl (C=O) groups excluding carboxylic acids is 1. The van der Waals surface area contributed by atoms with E-state index < -0.39 is 6.03 Å². The van der Waals surface area contributed by atoms with Crippen LogP contribution >= 0.6 is 0 Å². The molecule has 102 valence electrons. The van der Waals surface area contributed by atoms with E-state index in [4.69, 9.17) is 10.5 Å². The number of nitrogens with zero attached hydrogens (tertiary/aromatic N) is 2. The number of rotatable bonds is 4. The van der Waals surface area contributed by atoms with Gasteiger partial charge in [0.25, 0.3) is 0 Å². The summed E-state index contributed by atoms with van der Waals surface area (Å²) in [5.41, 5.74) is 9.02. The highest BCUT2D eigenvalue weighted by atomic mass is 16.5. The second-order valence-corrected chi connectivity index (χ2v) is 4.36. The van der Waals surface area contributed by atoms with Gasteiger partial charge in [0.1, 0.15) is 5.75 Å². The number of urea groups is 1. The summed E-state index contributed by atoms with van der Waals surface area (Å²) in [4.78, 5) is 12.8. The van der Waals surface area contributed by atoms with Crippen molar-refractivity contribution in [2.24, 2.45) is 10.8 Å². The molecule has 2 rings (SSSR count). The van der Waals surface area contributed by atoms with Crippen molar-refractivity contribution in [3.05, 3.63) is 23.8 Å². The third kappa shape index (κ3) is 3.37. The Hall–Kier alpha value is -2.24. The number of hydrogen-bond donors (Lipinski definition) is 2. The van der Waals surface area contributed by atoms with Crippen LogP contribution in [0, 0.1) is 0 Å². The maximum atomic E-state index is 10.5. The highest BCUT2D eigenvalue weighted by Gasteiger charge is 2.16. The summed E-state index contributed by atoms with van der Waals surface area (Å²) in [5.74, 6) is 0.810. The van der Waals surface area contributed by atoms with Crippen LogP contribution in [0.1, 0.15) is 18.4 Å². The molecular weight excluding hydrogens is 244 g/mol. The molecule has 1 fully saturated rings. The van der Waals surface area contributed by atoms with Gasteiger partial charge in [-0.15, -0.1) is 0 Å². The fourth-order valence-corrected chi connectivity index (χ4v) is 2.16. The first-order valence-corrected chi connectivity index (χ1v) is 6.22. The third-order valence-electron chi connectivity index (χ3n) is 3.04. The normalized spacial score (nSPS) is 14.9. The van der Waals surface area contributed by atoms with Crippen LogP contribution in [0.2, 0.25) is 0 Å². The Bertz CT molecular complexity index is 482. The topological polar surface area (TPSA) is 80.0 Å². The molecule has 1 aromatic carbocycles. The standard InChI is InChI=1S/C13H18N4O2/c1-19-12-8-10(9-15-16-13(14)18)4-5-11(12)17-6-2-3-7-17/h4-5,8-9H,2-3,6-7H2,1H3,(H3,14,16,18). The summed E-state index contributed by atoms with van der Waals surface area (Å²) >= 11 is 0. The monoisotopic (exact) mass is 262 g/mol. The predicted octanol–water partition coefficient (Wildman–Crippen LogP) is 1.30. The highest BCUT2D eigenvalue weighted by Crippen LogP contribution is 2.31. The molecule has 19 heavy (non-hydrogen) atoms. The number of nitrogens with two attached hydrogens (primary N) is 1. The quantitative estimate of drug-likeness (QED) is 0.634. The molecule has 1 aliphatic heterocycles. The zero-order valence-corrected chi connectivity index (χ0v) is 10.9. The highest BCUT2D eigenvalue weighted by molar-refractivity contribution is 5.83. The van der Waals surface area contributed by atoms with Crippen molar-refractivity contribution in [3.63, 3.8) is 0 Å². The molecule has 0 aromatic heterocycles. The van der Waals surface area contributed by atoms with E-state index in [-0.39, 0.29) is 0 Å². The van der Waals surface area contributed by atoms with Gasteiger partial charge in [-0.25, -0.2) is 10.2 Å². The zero-order valence-electron chi connectivity index (χ0n) is 10.9. The van der Waals surface area contributed by atoms with Gasteiger partial charge >= 0.3 is 6.03 Å². The van der Waals surface area contributed by atoms with Crippen molar-refractivity contribution in [1.82, 2.24) is 5.43 Å². The van der Waals surface area contributed by atoms with Crippen LogP contribution in [-0.4, -0.2) is 32.4 Å². The van der Waals surface area contributed by atoms with Crippen molar-refractivity contribution < 1.29 is 9.53 Å². The van der Waals surface area contributed by atoms with Gasteiger partial charge in [0, 0.05) is 13.1 Å². The Balaban J connectivity index is 2.15. The number of amides is 2. The van der Waals surface area contributed by atoms with Crippen molar-refractivity contribution in [2.45, 2.75) is 12.8 Å². The SMILES string of the molecule is COc1cc(C=NNC(N)=O)ccc1N1CCCC1. The van der Waals surface area contributed by atoms with Crippen LogP contribution in [0.5, 0.6) is 5.75 Å². The minimum absolute atomic E-state index is 0.683. The van der Waals surface area contributed by atoms with Gasteiger partial charge < -0.3 is 15.4 Å². The Morgan fingerprint density at radius 2 is 2.21 bits per heavy atom. The van der Waals surface area contributed by atoms with Crippen LogP contribution in [0.15, 0.2) is 23.3 Å². The zero-order chi connectivity index (χ0) is 13.7. The third-order valence-corrected chi connectivity index (χ3v) is 3.04. The van der Waals surface area contributed by atoms with Crippen LogP contribution in [0.25, 0.3) is 0 Å². The van der Waals surface area contributed by atoms with Gasteiger partial charge in [-0.2, -0.15) is 5.10 Å². The van der Waals surface area contributed by atoms with E-state index in [0.29, 0.717) is 0 Å². The molecule has 0 spiro atoms. The number of anilines is 1. The van der Waals surface area contributed by atoms with E-state index in [1.54, 1.807) is 7.11 Å². The Kier molecular flexibility index (Phi) is 4.22. The number of ether oxygens (including phenoxy) is 1. The second kappa shape index (κ2) is 6.08. The summed E-state index contributed by atoms with van der Waals surface area (Å²) in [6.07, 6.45) is 3.96. The van der Waals surface area contributed by atoms with E-state index in [2.05, 4.69) is 15.4 Å². The van der Waals surface area contributed by atoms with Gasteiger partial charge in [0.2, 0.25) is 0 Å². The van der Waals surface area contributed by atoms with E-state index in [0.717, 1.165) is 30.1 Å². The molecule has 6 nitrogen and oxygen atoms in total. The molecule has 0 unspecified atom stereocenters. The molecule has 0 aliphatic carbocycles. The molecule has 1 saturated heterocycles. The predicted molar refractivity (Wildman–Crippen MR) is 74.8 cm³/mol. The summed E-state index contributed by atoms with van der Waals surface area (Å²) in [5, 5.41) is 3.73. The summed E-state index contributed by atoms with van der Waals surface area (Å²) < 4.78 is 5.41. The molecule has 1 heterocycles. The van der Waals surface area contributed by atoms with Crippen molar-refractivity contribution in [2.75, 3.05) is 25.1 Å². The summed E-state index contributed by atoms with van der Waals surface area (Å²) in [6.45, 7) is 2.13. The largest absolute Gasteiger partial charge is 0.495 e. The maximum Gasteiger partial charge on any atom is 0.332 e. The molecule has 3 N–H and O–H groups in total. The van der Waals surface area contributed by atoms with Gasteiger partial charge in [0.05, 0.1) is 19.0 Å². The van der Waals surface area contributed by atoms with Gasteiger partial charge in [-0.3, -0.25) is 0 Å². The lowest BCUT2D eigenvalue weighted by Gasteiger charge is -2.20. The van der Waals surface area contributed by atoms with Crippen LogP contribution in [0.4, 0.5) is 10.5 Å². The van der Waals surface area contributed by atoms with Crippen LogP contribution in [-0.2, 0) is 0 Å². The van der Waals surface area contributed by atoms with Gasteiger partial charge in [-0.05, 0) is 30.5 Å². The molecular formula is C13H18N4O2. The molecule has 1 aliphatic rings. The first kappa shape index (κ1) is 13.2. The van der Waals surface area contributed by atoms with Crippen LogP contribution in [0.3, 0.4) is 0 Å². The number of methoxy groups -OCH3 is 1. The fourth-order valence-electron chi connectivity index (χ4n) is 2.16. The Morgan fingerprint density at radius 3 is 2.84 bits per heavy atom. The average Bonchev–Trinajstić information content (AvgIpc) is 2.92. The lowest BCUT2D eigenvalue weighted by Crippen LogP contribution is -2.24. The molecule has 6 heteroatoms. The minimum Gasteiger partial charge on any atom is -0.495 e. The Labute approximate surface area is 112 Å². The average molecular weight is 262 g/mol. The Morgan fingerprint density at radius 1 is 1.47 bits per heavy atom. The van der Waals surface area contributed by atoms with Crippen molar-refractivity contribution >= 4 is 17.9 Å². The van der Waals surface area contributed by atoms with E-state index in [1.807, 2.05) is 18.2 Å². The van der Waals surface area contributed by atoms with E-state index >= 15 is 0 Å². The van der Waals surface area contributed by atoms with Crippen LogP contribution < -0.4 is 20.8 Å². The number of hydrogen-bond acceptors (Lipinski definition) is 4. The molecule has 0 bridgehead atoms. The molecule has 2 amide bonds. The first-order chi connectivity index (χ1) is 9.20. The maximum absolute atomic E-state index is 10.5. The molecule has 0 atom stereocenters. The number of carbonyl (C=O) groups is 1. The summed E-state index contributed by atoms with van der Waals surface area (Å²) in [6, 6.07) is 5.15. The first-order valence-electron chi connectivity index (χ1n) is 6.22. The minimum atomic E-state index is -0.683. The number of hydrazone groups is 1. The molecule has 0 saturated carbocycles. The lowest BCUT2D eigenvalue weighted by atomic mass is 10.2. The number of nitrogens with one attached hydrogen (secondary N) is 1.